The molecule has 32 heavy (non-hydrogen) atoms. The van der Waals surface area contributed by atoms with Crippen LogP contribution in [0.4, 0.5) is 10.5 Å². The third-order valence-electron chi connectivity index (χ3n) is 5.98. The maximum atomic E-state index is 13.0. The molecule has 1 fully saturated rings. The number of likely N-dealkylation sites (tertiary alicyclic amines) is 1. The summed E-state index contributed by atoms with van der Waals surface area (Å²) in [6.45, 7) is 6.33. The van der Waals surface area contributed by atoms with Crippen LogP contribution in [0.15, 0.2) is 48.5 Å². The number of carbonyl (C=O) groups is 2. The summed E-state index contributed by atoms with van der Waals surface area (Å²) in [5.41, 5.74) is 2.75. The number of nitrogens with one attached hydrogen (secondary N) is 2. The van der Waals surface area contributed by atoms with Gasteiger partial charge in [0.2, 0.25) is 0 Å². The Hall–Kier alpha value is -3.22. The van der Waals surface area contributed by atoms with Crippen molar-refractivity contribution in [1.82, 2.24) is 10.2 Å². The van der Waals surface area contributed by atoms with E-state index >= 15 is 0 Å². The van der Waals surface area contributed by atoms with E-state index in [1.54, 1.807) is 7.05 Å². The highest BCUT2D eigenvalue weighted by atomic mass is 16.6. The molecule has 2 heterocycles. The molecule has 0 spiro atoms. The molecule has 2 amide bonds. The Bertz CT molecular complexity index is 983. The molecule has 0 saturated carbocycles. The number of benzene rings is 2. The highest BCUT2D eigenvalue weighted by Crippen LogP contribution is 2.51. The van der Waals surface area contributed by atoms with Crippen LogP contribution >= 0.6 is 0 Å². The van der Waals surface area contributed by atoms with Gasteiger partial charge in [-0.3, -0.25) is 4.79 Å². The zero-order valence-electron chi connectivity index (χ0n) is 19.1. The van der Waals surface area contributed by atoms with Crippen LogP contribution in [0.25, 0.3) is 0 Å². The van der Waals surface area contributed by atoms with Crippen LogP contribution in [0.1, 0.15) is 50.4 Å². The van der Waals surface area contributed by atoms with Gasteiger partial charge in [0.05, 0.1) is 12.1 Å². The van der Waals surface area contributed by atoms with Crippen molar-refractivity contribution in [2.75, 3.05) is 25.5 Å². The average molecular weight is 438 g/mol. The van der Waals surface area contributed by atoms with Crippen molar-refractivity contribution in [2.24, 2.45) is 5.92 Å². The lowest BCUT2D eigenvalue weighted by Gasteiger charge is -2.40. The van der Waals surface area contributed by atoms with Gasteiger partial charge in [-0.2, -0.15) is 0 Å². The Balaban J connectivity index is 1.59. The monoisotopic (exact) mass is 437 g/mol. The van der Waals surface area contributed by atoms with E-state index in [4.69, 9.17) is 9.47 Å². The maximum Gasteiger partial charge on any atom is 0.410 e. The van der Waals surface area contributed by atoms with Crippen LogP contribution in [0, 0.1) is 5.92 Å². The number of para-hydroxylation sites is 1. The van der Waals surface area contributed by atoms with Gasteiger partial charge in [-0.1, -0.05) is 30.3 Å². The van der Waals surface area contributed by atoms with Crippen molar-refractivity contribution < 1.29 is 19.1 Å². The summed E-state index contributed by atoms with van der Waals surface area (Å²) in [5, 5.41) is 6.23. The van der Waals surface area contributed by atoms with E-state index in [9.17, 15) is 9.59 Å². The standard InChI is InChI=1S/C25H31N3O4/c1-25(2,3)32-24(30)28-14-13-19-22(27-20-8-6-5-7-18(20)23(19)28)16-9-11-17(12-10-16)31-15-21(29)26-4/h5-12,19,22-23,27H,13-15H2,1-4H3,(H,26,29). The first-order chi connectivity index (χ1) is 15.3. The molecule has 0 aromatic heterocycles. The molecule has 3 unspecified atom stereocenters. The normalized spacial score (nSPS) is 21.8. The first kappa shape index (κ1) is 22.0. The lowest BCUT2D eigenvalue weighted by Crippen LogP contribution is -2.40. The number of fused-ring (bicyclic) bond motifs is 3. The average Bonchev–Trinajstić information content (AvgIpc) is 3.22. The van der Waals surface area contributed by atoms with Gasteiger partial charge in [0.15, 0.2) is 6.61 Å². The molecule has 7 heteroatoms. The number of hydrogen-bond acceptors (Lipinski definition) is 5. The molecule has 0 aliphatic carbocycles. The van der Waals surface area contributed by atoms with Crippen LogP contribution in [0.5, 0.6) is 5.75 Å². The predicted octanol–water partition coefficient (Wildman–Crippen LogP) is 4.28. The number of anilines is 1. The van der Waals surface area contributed by atoms with Crippen molar-refractivity contribution in [1.29, 1.82) is 0 Å². The second-order valence-electron chi connectivity index (χ2n) is 9.31. The van der Waals surface area contributed by atoms with Crippen LogP contribution < -0.4 is 15.4 Å². The van der Waals surface area contributed by atoms with Gasteiger partial charge in [-0.15, -0.1) is 0 Å². The molecule has 0 bridgehead atoms. The molecule has 0 radical (unpaired) electrons. The number of amides is 2. The third kappa shape index (κ3) is 4.52. The van der Waals surface area contributed by atoms with E-state index in [-0.39, 0.29) is 36.6 Å². The quantitative estimate of drug-likeness (QED) is 0.747. The molecular weight excluding hydrogens is 406 g/mol. The van der Waals surface area contributed by atoms with Crippen molar-refractivity contribution in [3.63, 3.8) is 0 Å². The highest BCUT2D eigenvalue weighted by Gasteiger charge is 2.47. The summed E-state index contributed by atoms with van der Waals surface area (Å²) >= 11 is 0. The van der Waals surface area contributed by atoms with Gasteiger partial charge >= 0.3 is 6.09 Å². The van der Waals surface area contributed by atoms with E-state index in [0.29, 0.717) is 12.3 Å². The van der Waals surface area contributed by atoms with Crippen LogP contribution in [0.3, 0.4) is 0 Å². The minimum absolute atomic E-state index is 0.0134. The molecule has 2 aliphatic rings. The van der Waals surface area contributed by atoms with E-state index in [2.05, 4.69) is 22.8 Å². The lowest BCUT2D eigenvalue weighted by molar-refractivity contribution is -0.122. The molecule has 7 nitrogen and oxygen atoms in total. The fourth-order valence-corrected chi connectivity index (χ4v) is 4.57. The van der Waals surface area contributed by atoms with Gasteiger partial charge in [0, 0.05) is 25.2 Å². The van der Waals surface area contributed by atoms with Gasteiger partial charge in [-0.05, 0) is 56.5 Å². The van der Waals surface area contributed by atoms with E-state index in [1.807, 2.05) is 62.1 Å². The molecule has 2 N–H and O–H groups in total. The molecule has 2 aromatic carbocycles. The van der Waals surface area contributed by atoms with Crippen LogP contribution in [-0.2, 0) is 9.53 Å². The summed E-state index contributed by atoms with van der Waals surface area (Å²) in [6, 6.07) is 16.0. The van der Waals surface area contributed by atoms with E-state index < -0.39 is 5.60 Å². The Morgan fingerprint density at radius 3 is 2.53 bits per heavy atom. The number of rotatable bonds is 4. The Morgan fingerprint density at radius 2 is 1.84 bits per heavy atom. The molecule has 3 atom stereocenters. The minimum atomic E-state index is -0.536. The van der Waals surface area contributed by atoms with Gasteiger partial charge in [-0.25, -0.2) is 4.79 Å². The number of likely N-dealkylation sites (N-methyl/N-ethyl adjacent to an activating group) is 1. The maximum absolute atomic E-state index is 13.0. The largest absolute Gasteiger partial charge is 0.484 e. The summed E-state index contributed by atoms with van der Waals surface area (Å²) in [7, 11) is 1.58. The van der Waals surface area contributed by atoms with E-state index in [0.717, 1.165) is 23.2 Å². The van der Waals surface area contributed by atoms with Crippen LogP contribution in [-0.4, -0.2) is 42.7 Å². The van der Waals surface area contributed by atoms with E-state index in [1.165, 1.54) is 0 Å². The Kier molecular flexibility index (Phi) is 6.00. The topological polar surface area (TPSA) is 79.9 Å². The lowest BCUT2D eigenvalue weighted by atomic mass is 9.80. The summed E-state index contributed by atoms with van der Waals surface area (Å²) in [5.74, 6) is 0.692. The van der Waals surface area contributed by atoms with Gasteiger partial charge in [0.1, 0.15) is 11.4 Å². The minimum Gasteiger partial charge on any atom is -0.484 e. The fourth-order valence-electron chi connectivity index (χ4n) is 4.57. The molecule has 1 saturated heterocycles. The molecule has 2 aromatic rings. The Morgan fingerprint density at radius 1 is 1.12 bits per heavy atom. The number of hydrogen-bond donors (Lipinski definition) is 2. The van der Waals surface area contributed by atoms with Gasteiger partial charge in [0.25, 0.3) is 5.91 Å². The second-order valence-corrected chi connectivity index (χ2v) is 9.31. The van der Waals surface area contributed by atoms with Gasteiger partial charge < -0.3 is 25.0 Å². The first-order valence-corrected chi connectivity index (χ1v) is 11.1. The summed E-state index contributed by atoms with van der Waals surface area (Å²) in [6.07, 6.45) is 0.614. The zero-order chi connectivity index (χ0) is 22.9. The van der Waals surface area contributed by atoms with Crippen molar-refractivity contribution in [3.05, 3.63) is 59.7 Å². The highest BCUT2D eigenvalue weighted by molar-refractivity contribution is 5.77. The second kappa shape index (κ2) is 8.73. The third-order valence-corrected chi connectivity index (χ3v) is 5.98. The first-order valence-electron chi connectivity index (χ1n) is 11.1. The molecule has 4 rings (SSSR count). The molecule has 170 valence electrons. The summed E-state index contributed by atoms with van der Waals surface area (Å²) in [4.78, 5) is 26.3. The number of carbonyl (C=O) groups excluding carboxylic acids is 2. The predicted molar refractivity (Wildman–Crippen MR) is 123 cm³/mol. The zero-order valence-corrected chi connectivity index (χ0v) is 19.1. The molecule has 2 aliphatic heterocycles. The Labute approximate surface area is 189 Å². The fraction of sp³-hybridized carbons (Fsp3) is 0.440. The summed E-state index contributed by atoms with van der Waals surface area (Å²) < 4.78 is 11.3. The molecular formula is C25H31N3O4. The number of nitrogens with zero attached hydrogens (tertiary/aromatic N) is 1. The van der Waals surface area contributed by atoms with Crippen LogP contribution in [0.2, 0.25) is 0 Å². The SMILES string of the molecule is CNC(=O)COc1ccc(C2Nc3ccccc3C3C2CCN3C(=O)OC(C)(C)C)cc1. The smallest absolute Gasteiger partial charge is 0.410 e. The van der Waals surface area contributed by atoms with Crippen molar-refractivity contribution in [3.8, 4) is 5.75 Å². The van der Waals surface area contributed by atoms with Crippen molar-refractivity contribution >= 4 is 17.7 Å². The van der Waals surface area contributed by atoms with Crippen molar-refractivity contribution in [2.45, 2.75) is 44.9 Å². The number of ether oxygens (including phenoxy) is 2.